The van der Waals surface area contributed by atoms with Gasteiger partial charge in [-0.1, -0.05) is 12.2 Å². The number of nitrogens with zero attached hydrogens (tertiary/aromatic N) is 4. The zero-order valence-electron chi connectivity index (χ0n) is 13.9. The molecule has 1 unspecified atom stereocenters. The average molecular weight is 342 g/mol. The van der Waals surface area contributed by atoms with Crippen LogP contribution in [-0.2, 0) is 0 Å². The van der Waals surface area contributed by atoms with Crippen LogP contribution in [0.25, 0.3) is 5.52 Å². The summed E-state index contributed by atoms with van der Waals surface area (Å²) in [7, 11) is 0. The molecule has 0 spiro atoms. The fourth-order valence-corrected chi connectivity index (χ4v) is 2.76. The van der Waals surface area contributed by atoms with E-state index in [9.17, 15) is 20.3 Å². The second-order valence-corrected chi connectivity index (χ2v) is 6.50. The van der Waals surface area contributed by atoms with Crippen molar-refractivity contribution in [2.45, 2.75) is 25.5 Å². The first-order chi connectivity index (χ1) is 11.8. The molecule has 0 bridgehead atoms. The fraction of sp³-hybridized carbons (Fsp3) is 0.353. The molecule has 1 amide bonds. The van der Waals surface area contributed by atoms with Crippen LogP contribution in [0.15, 0.2) is 30.6 Å². The van der Waals surface area contributed by atoms with Crippen molar-refractivity contribution in [3.05, 3.63) is 41.7 Å². The van der Waals surface area contributed by atoms with Crippen molar-refractivity contribution in [3.63, 3.8) is 0 Å². The van der Waals surface area contributed by atoms with Crippen molar-refractivity contribution in [2.24, 2.45) is 0 Å². The van der Waals surface area contributed by atoms with Gasteiger partial charge in [-0.2, -0.15) is 10.4 Å². The van der Waals surface area contributed by atoms with Crippen LogP contribution in [-0.4, -0.2) is 49.6 Å². The standard InChI is InChI=1S/C17H18N4O4/c1-17(2,24)10-25-12-6-13(14-4-3-5-20(14)16(22)23)15-11(7-18)8-19-21(15)9-12/h3-4,6,8-9,14,24H,5,10H2,1-2H3,(H,22,23). The van der Waals surface area contributed by atoms with Gasteiger partial charge in [-0.25, -0.2) is 9.31 Å². The molecule has 8 heteroatoms. The molecule has 1 aliphatic heterocycles. The summed E-state index contributed by atoms with van der Waals surface area (Å²) < 4.78 is 7.13. The maximum absolute atomic E-state index is 11.5. The van der Waals surface area contributed by atoms with Crippen molar-refractivity contribution >= 4 is 11.6 Å². The van der Waals surface area contributed by atoms with E-state index in [1.54, 1.807) is 38.3 Å². The first-order valence-electron chi connectivity index (χ1n) is 7.73. The molecule has 2 aromatic rings. The number of fused-ring (bicyclic) bond motifs is 1. The molecule has 0 aromatic carbocycles. The zero-order chi connectivity index (χ0) is 18.2. The Balaban J connectivity index is 2.10. The summed E-state index contributed by atoms with van der Waals surface area (Å²) in [6.45, 7) is 3.59. The highest BCUT2D eigenvalue weighted by Crippen LogP contribution is 2.34. The minimum absolute atomic E-state index is 0.0630. The van der Waals surface area contributed by atoms with Crippen LogP contribution in [0.4, 0.5) is 4.79 Å². The van der Waals surface area contributed by atoms with Crippen LogP contribution in [0.3, 0.4) is 0 Å². The molecule has 3 rings (SSSR count). The summed E-state index contributed by atoms with van der Waals surface area (Å²) >= 11 is 0. The van der Waals surface area contributed by atoms with Gasteiger partial charge in [0.2, 0.25) is 0 Å². The molecule has 1 atom stereocenters. The van der Waals surface area contributed by atoms with Gasteiger partial charge < -0.3 is 14.9 Å². The minimum Gasteiger partial charge on any atom is -0.489 e. The Morgan fingerprint density at radius 2 is 2.32 bits per heavy atom. The number of nitriles is 1. The number of amides is 1. The highest BCUT2D eigenvalue weighted by molar-refractivity contribution is 5.72. The van der Waals surface area contributed by atoms with E-state index in [1.807, 2.05) is 0 Å². The predicted molar refractivity (Wildman–Crippen MR) is 88.3 cm³/mol. The lowest BCUT2D eigenvalue weighted by atomic mass is 10.0. The number of aliphatic hydroxyl groups is 1. The molecule has 0 radical (unpaired) electrons. The fourth-order valence-electron chi connectivity index (χ4n) is 2.76. The van der Waals surface area contributed by atoms with Gasteiger partial charge in [0.1, 0.15) is 18.4 Å². The Kier molecular flexibility index (Phi) is 4.10. The summed E-state index contributed by atoms with van der Waals surface area (Å²) in [4.78, 5) is 12.8. The van der Waals surface area contributed by atoms with Gasteiger partial charge in [-0.05, 0) is 19.9 Å². The second-order valence-electron chi connectivity index (χ2n) is 6.50. The molecule has 25 heavy (non-hydrogen) atoms. The lowest BCUT2D eigenvalue weighted by molar-refractivity contribution is 0.0282. The molecule has 0 saturated heterocycles. The average Bonchev–Trinajstić information content (AvgIpc) is 3.18. The molecule has 1 aliphatic rings. The van der Waals surface area contributed by atoms with E-state index in [0.29, 0.717) is 22.4 Å². The quantitative estimate of drug-likeness (QED) is 0.822. The van der Waals surface area contributed by atoms with E-state index in [-0.39, 0.29) is 13.2 Å². The molecule has 3 heterocycles. The van der Waals surface area contributed by atoms with Crippen molar-refractivity contribution in [1.29, 1.82) is 5.26 Å². The lowest BCUT2D eigenvalue weighted by Gasteiger charge is -2.23. The van der Waals surface area contributed by atoms with Gasteiger partial charge in [-0.15, -0.1) is 0 Å². The topological polar surface area (TPSA) is 111 Å². The Morgan fingerprint density at radius 1 is 1.56 bits per heavy atom. The zero-order valence-corrected chi connectivity index (χ0v) is 13.9. The van der Waals surface area contributed by atoms with Crippen molar-refractivity contribution in [2.75, 3.05) is 13.2 Å². The number of aromatic nitrogens is 2. The molecule has 0 aliphatic carbocycles. The number of hydrogen-bond donors (Lipinski definition) is 2. The van der Waals surface area contributed by atoms with Gasteiger partial charge in [0.15, 0.2) is 0 Å². The number of rotatable bonds is 4. The summed E-state index contributed by atoms with van der Waals surface area (Å²) in [5.74, 6) is 0.433. The SMILES string of the molecule is CC(C)(O)COc1cc(C2C=CCN2C(=O)O)c2c(C#N)cnn2c1. The monoisotopic (exact) mass is 342 g/mol. The first kappa shape index (κ1) is 16.8. The summed E-state index contributed by atoms with van der Waals surface area (Å²) in [5, 5.41) is 32.7. The maximum Gasteiger partial charge on any atom is 0.408 e. The molecular weight excluding hydrogens is 324 g/mol. The van der Waals surface area contributed by atoms with E-state index in [0.717, 1.165) is 0 Å². The second kappa shape index (κ2) is 6.11. The molecule has 0 fully saturated rings. The highest BCUT2D eigenvalue weighted by Gasteiger charge is 2.29. The summed E-state index contributed by atoms with van der Waals surface area (Å²) in [6.07, 6.45) is 5.53. The highest BCUT2D eigenvalue weighted by atomic mass is 16.5. The number of pyridine rings is 1. The number of carbonyl (C=O) groups is 1. The van der Waals surface area contributed by atoms with Crippen molar-refractivity contribution in [3.8, 4) is 11.8 Å². The smallest absolute Gasteiger partial charge is 0.408 e. The van der Waals surface area contributed by atoms with E-state index < -0.39 is 17.7 Å². The Morgan fingerprint density at radius 3 is 2.96 bits per heavy atom. The molecule has 2 aromatic heterocycles. The van der Waals surface area contributed by atoms with E-state index in [4.69, 9.17) is 4.74 Å². The van der Waals surface area contributed by atoms with Crippen LogP contribution in [0.1, 0.15) is 31.0 Å². The van der Waals surface area contributed by atoms with E-state index >= 15 is 0 Å². The van der Waals surface area contributed by atoms with Crippen LogP contribution in [0.5, 0.6) is 5.75 Å². The molecular formula is C17H18N4O4. The molecule has 2 N–H and O–H groups in total. The van der Waals surface area contributed by atoms with Crippen molar-refractivity contribution in [1.82, 2.24) is 14.5 Å². The van der Waals surface area contributed by atoms with Crippen molar-refractivity contribution < 1.29 is 19.7 Å². The predicted octanol–water partition coefficient (Wildman–Crippen LogP) is 1.95. The molecule has 8 nitrogen and oxygen atoms in total. The summed E-state index contributed by atoms with van der Waals surface area (Å²) in [6, 6.07) is 3.24. The summed E-state index contributed by atoms with van der Waals surface area (Å²) in [5.41, 5.74) is 0.492. The van der Waals surface area contributed by atoms with E-state index in [2.05, 4.69) is 11.2 Å². The Hall–Kier alpha value is -3.05. The minimum atomic E-state index is -1.05. The van der Waals surface area contributed by atoms with Crippen LogP contribution >= 0.6 is 0 Å². The van der Waals surface area contributed by atoms with Crippen LogP contribution in [0.2, 0.25) is 0 Å². The molecule has 130 valence electrons. The third kappa shape index (κ3) is 3.27. The van der Waals surface area contributed by atoms with Gasteiger partial charge in [0, 0.05) is 12.1 Å². The third-order valence-electron chi connectivity index (χ3n) is 3.85. The van der Waals surface area contributed by atoms with Crippen LogP contribution in [0, 0.1) is 11.3 Å². The first-order valence-corrected chi connectivity index (χ1v) is 7.73. The van der Waals surface area contributed by atoms with E-state index in [1.165, 1.54) is 15.6 Å². The number of hydrogen-bond acceptors (Lipinski definition) is 5. The Labute approximate surface area is 144 Å². The van der Waals surface area contributed by atoms with Gasteiger partial charge in [-0.3, -0.25) is 4.90 Å². The normalized spacial score (nSPS) is 17.0. The number of carboxylic acid groups (broad SMARTS) is 1. The van der Waals surface area contributed by atoms with Gasteiger partial charge in [0.25, 0.3) is 0 Å². The lowest BCUT2D eigenvalue weighted by Crippen LogP contribution is -2.30. The third-order valence-corrected chi connectivity index (χ3v) is 3.85. The maximum atomic E-state index is 11.5. The number of ether oxygens (including phenoxy) is 1. The molecule has 0 saturated carbocycles. The largest absolute Gasteiger partial charge is 0.489 e. The van der Waals surface area contributed by atoms with Gasteiger partial charge >= 0.3 is 6.09 Å². The van der Waals surface area contributed by atoms with Gasteiger partial charge in [0.05, 0.1) is 35.1 Å². The van der Waals surface area contributed by atoms with Crippen LogP contribution < -0.4 is 4.74 Å². The Bertz CT molecular complexity index is 888.